The SMILES string of the molecule is CCCN(CC(Br)C(=O)OC)CC(F)(F)F. The fourth-order valence-electron chi connectivity index (χ4n) is 1.23. The maximum absolute atomic E-state index is 12.2. The van der Waals surface area contributed by atoms with E-state index < -0.39 is 23.5 Å². The number of halogens is 4. The van der Waals surface area contributed by atoms with E-state index in [1.54, 1.807) is 6.92 Å². The molecule has 0 bridgehead atoms. The Labute approximate surface area is 101 Å². The highest BCUT2D eigenvalue weighted by molar-refractivity contribution is 9.10. The number of carbonyl (C=O) groups excluding carboxylic acids is 1. The Morgan fingerprint density at radius 2 is 2.06 bits per heavy atom. The minimum absolute atomic E-state index is 0.0139. The standard InChI is InChI=1S/C9H15BrF3NO2/c1-3-4-14(6-9(11,12)13)5-7(10)8(15)16-2/h7H,3-6H2,1-2H3. The van der Waals surface area contributed by atoms with Gasteiger partial charge in [-0.25, -0.2) is 0 Å². The van der Waals surface area contributed by atoms with E-state index in [4.69, 9.17) is 0 Å². The van der Waals surface area contributed by atoms with Crippen molar-refractivity contribution in [3.8, 4) is 0 Å². The lowest BCUT2D eigenvalue weighted by Crippen LogP contribution is -2.40. The summed E-state index contributed by atoms with van der Waals surface area (Å²) in [4.78, 5) is 11.5. The second-order valence-electron chi connectivity index (χ2n) is 3.34. The molecule has 0 heterocycles. The van der Waals surface area contributed by atoms with Crippen LogP contribution in [0.4, 0.5) is 13.2 Å². The number of methoxy groups -OCH3 is 1. The number of carbonyl (C=O) groups is 1. The van der Waals surface area contributed by atoms with Gasteiger partial charge in [0.25, 0.3) is 0 Å². The largest absolute Gasteiger partial charge is 0.468 e. The molecule has 16 heavy (non-hydrogen) atoms. The fourth-order valence-corrected chi connectivity index (χ4v) is 1.83. The zero-order chi connectivity index (χ0) is 12.8. The summed E-state index contributed by atoms with van der Waals surface area (Å²) in [5.74, 6) is -0.566. The van der Waals surface area contributed by atoms with Gasteiger partial charge in [0.1, 0.15) is 4.83 Å². The van der Waals surface area contributed by atoms with Crippen LogP contribution in [0, 0.1) is 0 Å². The van der Waals surface area contributed by atoms with E-state index >= 15 is 0 Å². The van der Waals surface area contributed by atoms with Gasteiger partial charge < -0.3 is 4.74 Å². The minimum atomic E-state index is -4.25. The van der Waals surface area contributed by atoms with Crippen LogP contribution in [-0.2, 0) is 9.53 Å². The maximum atomic E-state index is 12.2. The van der Waals surface area contributed by atoms with Crippen molar-refractivity contribution < 1.29 is 22.7 Å². The molecule has 0 aromatic heterocycles. The van der Waals surface area contributed by atoms with Crippen molar-refractivity contribution in [2.75, 3.05) is 26.7 Å². The summed E-state index contributed by atoms with van der Waals surface area (Å²) in [6.07, 6.45) is -3.66. The molecule has 96 valence electrons. The molecular weight excluding hydrogens is 291 g/mol. The van der Waals surface area contributed by atoms with Gasteiger partial charge in [0, 0.05) is 6.54 Å². The number of ether oxygens (including phenoxy) is 1. The van der Waals surface area contributed by atoms with E-state index in [0.717, 1.165) is 0 Å². The van der Waals surface area contributed by atoms with E-state index in [1.807, 2.05) is 0 Å². The second-order valence-corrected chi connectivity index (χ2v) is 4.45. The molecule has 0 aliphatic carbocycles. The first-order valence-electron chi connectivity index (χ1n) is 4.81. The van der Waals surface area contributed by atoms with Gasteiger partial charge in [-0.3, -0.25) is 9.69 Å². The van der Waals surface area contributed by atoms with Crippen LogP contribution in [0.15, 0.2) is 0 Å². The molecule has 0 saturated carbocycles. The van der Waals surface area contributed by atoms with Crippen LogP contribution in [0.5, 0.6) is 0 Å². The van der Waals surface area contributed by atoms with Crippen molar-refractivity contribution in [1.82, 2.24) is 4.90 Å². The van der Waals surface area contributed by atoms with Crippen LogP contribution in [0.1, 0.15) is 13.3 Å². The molecular formula is C9H15BrF3NO2. The summed E-state index contributed by atoms with van der Waals surface area (Å²) in [5.41, 5.74) is 0. The summed E-state index contributed by atoms with van der Waals surface area (Å²) in [6.45, 7) is 1.04. The highest BCUT2D eigenvalue weighted by Crippen LogP contribution is 2.18. The summed E-state index contributed by atoms with van der Waals surface area (Å²) in [7, 11) is 1.20. The van der Waals surface area contributed by atoms with Crippen LogP contribution >= 0.6 is 15.9 Å². The van der Waals surface area contributed by atoms with Crippen molar-refractivity contribution in [2.45, 2.75) is 24.3 Å². The first-order chi connectivity index (χ1) is 7.30. The molecule has 0 N–H and O–H groups in total. The van der Waals surface area contributed by atoms with Crippen molar-refractivity contribution >= 4 is 21.9 Å². The summed E-state index contributed by atoms with van der Waals surface area (Å²) in [6, 6.07) is 0. The Bertz CT molecular complexity index is 223. The van der Waals surface area contributed by atoms with Crippen molar-refractivity contribution in [3.63, 3.8) is 0 Å². The number of hydrogen-bond acceptors (Lipinski definition) is 3. The number of hydrogen-bond donors (Lipinski definition) is 0. The Morgan fingerprint density at radius 1 is 1.50 bits per heavy atom. The molecule has 0 radical (unpaired) electrons. The van der Waals surface area contributed by atoms with E-state index in [9.17, 15) is 18.0 Å². The zero-order valence-corrected chi connectivity index (χ0v) is 10.8. The van der Waals surface area contributed by atoms with E-state index in [-0.39, 0.29) is 6.54 Å². The third-order valence-electron chi connectivity index (χ3n) is 1.82. The summed E-state index contributed by atoms with van der Waals surface area (Å²) < 4.78 is 41.0. The number of nitrogens with zero attached hydrogens (tertiary/aromatic N) is 1. The van der Waals surface area contributed by atoms with Gasteiger partial charge >= 0.3 is 12.1 Å². The van der Waals surface area contributed by atoms with Crippen LogP contribution in [-0.4, -0.2) is 48.6 Å². The van der Waals surface area contributed by atoms with Gasteiger partial charge in [-0.1, -0.05) is 22.9 Å². The average molecular weight is 306 g/mol. The Morgan fingerprint density at radius 3 is 2.44 bits per heavy atom. The number of esters is 1. The molecule has 3 nitrogen and oxygen atoms in total. The molecule has 0 aliphatic rings. The van der Waals surface area contributed by atoms with Gasteiger partial charge in [0.05, 0.1) is 13.7 Å². The third-order valence-corrected chi connectivity index (χ3v) is 2.48. The molecule has 0 fully saturated rings. The van der Waals surface area contributed by atoms with Crippen LogP contribution in [0.3, 0.4) is 0 Å². The molecule has 0 aliphatic heterocycles. The molecule has 0 saturated heterocycles. The monoisotopic (exact) mass is 305 g/mol. The van der Waals surface area contributed by atoms with Crippen LogP contribution in [0.2, 0.25) is 0 Å². The van der Waals surface area contributed by atoms with Crippen molar-refractivity contribution in [1.29, 1.82) is 0 Å². The predicted molar refractivity (Wildman–Crippen MR) is 57.5 cm³/mol. The molecule has 0 aromatic rings. The maximum Gasteiger partial charge on any atom is 0.401 e. The average Bonchev–Trinajstić information content (AvgIpc) is 2.14. The van der Waals surface area contributed by atoms with Gasteiger partial charge in [0.2, 0.25) is 0 Å². The first kappa shape index (κ1) is 15.7. The molecule has 0 amide bonds. The van der Waals surface area contributed by atoms with Gasteiger partial charge in [-0.15, -0.1) is 0 Å². The first-order valence-corrected chi connectivity index (χ1v) is 5.72. The lowest BCUT2D eigenvalue weighted by Gasteiger charge is -2.24. The van der Waals surface area contributed by atoms with Gasteiger partial charge in [0.15, 0.2) is 0 Å². The Balaban J connectivity index is 4.27. The lowest BCUT2D eigenvalue weighted by molar-refractivity contribution is -0.150. The summed E-state index contributed by atoms with van der Waals surface area (Å²) in [5, 5.41) is 0. The van der Waals surface area contributed by atoms with Crippen LogP contribution in [0.25, 0.3) is 0 Å². The Kier molecular flexibility index (Phi) is 6.98. The predicted octanol–water partition coefficient (Wildman–Crippen LogP) is 2.20. The number of alkyl halides is 4. The van der Waals surface area contributed by atoms with Crippen LogP contribution < -0.4 is 0 Å². The smallest absolute Gasteiger partial charge is 0.401 e. The molecule has 1 atom stereocenters. The fraction of sp³-hybridized carbons (Fsp3) is 0.889. The van der Waals surface area contributed by atoms with Gasteiger partial charge in [-0.2, -0.15) is 13.2 Å². The van der Waals surface area contributed by atoms with Crippen molar-refractivity contribution in [3.05, 3.63) is 0 Å². The molecule has 1 unspecified atom stereocenters. The summed E-state index contributed by atoms with van der Waals surface area (Å²) >= 11 is 3.00. The van der Waals surface area contributed by atoms with Crippen molar-refractivity contribution in [2.24, 2.45) is 0 Å². The second kappa shape index (κ2) is 7.11. The lowest BCUT2D eigenvalue weighted by atomic mass is 10.3. The molecule has 7 heteroatoms. The van der Waals surface area contributed by atoms with Gasteiger partial charge in [-0.05, 0) is 13.0 Å². The van der Waals surface area contributed by atoms with E-state index in [1.165, 1.54) is 12.0 Å². The van der Waals surface area contributed by atoms with E-state index in [2.05, 4.69) is 20.7 Å². The quantitative estimate of drug-likeness (QED) is 0.556. The highest BCUT2D eigenvalue weighted by atomic mass is 79.9. The number of rotatable bonds is 6. The third kappa shape index (κ3) is 7.05. The van der Waals surface area contributed by atoms with E-state index in [0.29, 0.717) is 13.0 Å². The Hall–Kier alpha value is -0.300. The molecule has 0 rings (SSSR count). The normalized spacial score (nSPS) is 13.9. The molecule has 0 aromatic carbocycles. The minimum Gasteiger partial charge on any atom is -0.468 e. The topological polar surface area (TPSA) is 29.5 Å². The zero-order valence-electron chi connectivity index (χ0n) is 9.18. The highest BCUT2D eigenvalue weighted by Gasteiger charge is 2.32. The molecule has 0 spiro atoms.